The molecule has 0 atom stereocenters. The Balaban J connectivity index is 2.30. The molecule has 6 nitrogen and oxygen atoms in total. The summed E-state index contributed by atoms with van der Waals surface area (Å²) in [5.74, 6) is 2.73. The maximum atomic E-state index is 12.0. The fourth-order valence-corrected chi connectivity index (χ4v) is 3.39. The molecule has 1 aromatic carbocycles. The summed E-state index contributed by atoms with van der Waals surface area (Å²) < 4.78 is 11.7. The van der Waals surface area contributed by atoms with Gasteiger partial charge in [0.05, 0.1) is 16.0 Å². The number of benzene rings is 1. The van der Waals surface area contributed by atoms with Crippen LogP contribution in [0.3, 0.4) is 0 Å². The van der Waals surface area contributed by atoms with Gasteiger partial charge in [-0.3, -0.25) is 9.59 Å². The van der Waals surface area contributed by atoms with Crippen LogP contribution in [-0.2, 0) is 9.59 Å². The largest absolute Gasteiger partial charge is 0.490 e. The second-order valence-corrected chi connectivity index (χ2v) is 6.65. The standard InChI is InChI=1S/C17H15BrN2O4S/c1-4-6-24-15-12(18)7-11(8-13(15)23-5-2)9-14-16(22)20-17(25-14)19-10(3)21/h1,7-9H,5-6H2,2-3H3,(H,19,20,21,22)/b14-9-. The van der Waals surface area contributed by atoms with Gasteiger partial charge in [0, 0.05) is 6.92 Å². The molecule has 0 radical (unpaired) electrons. The second kappa shape index (κ2) is 8.74. The molecule has 0 spiro atoms. The van der Waals surface area contributed by atoms with E-state index in [1.165, 1.54) is 6.92 Å². The Labute approximate surface area is 158 Å². The van der Waals surface area contributed by atoms with Crippen LogP contribution in [0.2, 0.25) is 0 Å². The highest BCUT2D eigenvalue weighted by molar-refractivity contribution is 9.10. The van der Waals surface area contributed by atoms with Gasteiger partial charge < -0.3 is 14.8 Å². The summed E-state index contributed by atoms with van der Waals surface area (Å²) in [6.45, 7) is 3.77. The van der Waals surface area contributed by atoms with Gasteiger partial charge in [-0.1, -0.05) is 5.92 Å². The first kappa shape index (κ1) is 19.1. The Morgan fingerprint density at radius 2 is 2.24 bits per heavy atom. The molecule has 1 aromatic rings. The number of terminal acetylenes is 1. The number of ether oxygens (including phenoxy) is 2. The van der Waals surface area contributed by atoms with Crippen LogP contribution in [-0.4, -0.2) is 30.2 Å². The number of nitrogens with zero attached hydrogens (tertiary/aromatic N) is 1. The van der Waals surface area contributed by atoms with Gasteiger partial charge >= 0.3 is 0 Å². The van der Waals surface area contributed by atoms with E-state index in [9.17, 15) is 9.59 Å². The van der Waals surface area contributed by atoms with Gasteiger partial charge in [-0.05, 0) is 58.4 Å². The van der Waals surface area contributed by atoms with Crippen LogP contribution in [0, 0.1) is 12.3 Å². The summed E-state index contributed by atoms with van der Waals surface area (Å²) in [6.07, 6.45) is 6.90. The van der Waals surface area contributed by atoms with Gasteiger partial charge in [0.2, 0.25) is 5.91 Å². The molecule has 0 fully saturated rings. The van der Waals surface area contributed by atoms with E-state index in [0.717, 1.165) is 17.3 Å². The summed E-state index contributed by atoms with van der Waals surface area (Å²) in [6, 6.07) is 3.53. The number of hydrogen-bond donors (Lipinski definition) is 1. The van der Waals surface area contributed by atoms with E-state index in [1.807, 2.05) is 6.92 Å². The van der Waals surface area contributed by atoms with Crippen LogP contribution in [0.25, 0.3) is 6.08 Å². The lowest BCUT2D eigenvalue weighted by atomic mass is 10.2. The molecule has 0 aliphatic carbocycles. The molecule has 130 valence electrons. The van der Waals surface area contributed by atoms with E-state index in [1.54, 1.807) is 18.2 Å². The Morgan fingerprint density at radius 1 is 1.48 bits per heavy atom. The van der Waals surface area contributed by atoms with Gasteiger partial charge in [0.25, 0.3) is 5.91 Å². The second-order valence-electron chi connectivity index (χ2n) is 4.77. The first-order valence-corrected chi connectivity index (χ1v) is 8.88. The third kappa shape index (κ3) is 5.11. The Kier molecular flexibility index (Phi) is 6.67. The van der Waals surface area contributed by atoms with Crippen molar-refractivity contribution in [2.45, 2.75) is 13.8 Å². The number of halogens is 1. The zero-order valence-electron chi connectivity index (χ0n) is 13.6. The Hall–Kier alpha value is -2.24. The van der Waals surface area contributed by atoms with E-state index in [2.05, 4.69) is 32.2 Å². The van der Waals surface area contributed by atoms with Gasteiger partial charge in [0.1, 0.15) is 6.61 Å². The van der Waals surface area contributed by atoms with E-state index < -0.39 is 5.91 Å². The number of hydrogen-bond acceptors (Lipinski definition) is 5. The molecule has 0 aromatic heterocycles. The molecule has 25 heavy (non-hydrogen) atoms. The van der Waals surface area contributed by atoms with E-state index in [0.29, 0.717) is 27.5 Å². The van der Waals surface area contributed by atoms with Crippen molar-refractivity contribution in [3.05, 3.63) is 27.1 Å². The van der Waals surface area contributed by atoms with Crippen LogP contribution in [0.4, 0.5) is 0 Å². The van der Waals surface area contributed by atoms with Crippen LogP contribution in [0.15, 0.2) is 26.5 Å². The van der Waals surface area contributed by atoms with Crippen molar-refractivity contribution in [1.82, 2.24) is 5.32 Å². The minimum atomic E-state index is -0.407. The summed E-state index contributed by atoms with van der Waals surface area (Å²) in [4.78, 5) is 27.2. The molecule has 0 saturated carbocycles. The van der Waals surface area contributed by atoms with Gasteiger partial charge in [-0.25, -0.2) is 0 Å². The Bertz CT molecular complexity index is 812. The van der Waals surface area contributed by atoms with Crippen molar-refractivity contribution in [3.63, 3.8) is 0 Å². The molecule has 8 heteroatoms. The monoisotopic (exact) mass is 422 g/mol. The predicted octanol–water partition coefficient (Wildman–Crippen LogP) is 2.97. The van der Waals surface area contributed by atoms with Crippen LogP contribution < -0.4 is 14.8 Å². The highest BCUT2D eigenvalue weighted by atomic mass is 79.9. The molecule has 2 amide bonds. The third-order valence-corrected chi connectivity index (χ3v) is 4.32. The van der Waals surface area contributed by atoms with E-state index in [-0.39, 0.29) is 17.7 Å². The molecule has 1 heterocycles. The number of amidine groups is 1. The molecule has 0 unspecified atom stereocenters. The topological polar surface area (TPSA) is 77.0 Å². The number of thioether (sulfide) groups is 1. The van der Waals surface area contributed by atoms with Crippen molar-refractivity contribution in [2.75, 3.05) is 13.2 Å². The smallest absolute Gasteiger partial charge is 0.286 e. The minimum absolute atomic E-state index is 0.112. The Morgan fingerprint density at radius 3 is 2.88 bits per heavy atom. The van der Waals surface area contributed by atoms with Crippen LogP contribution in [0.1, 0.15) is 19.4 Å². The number of carbonyl (C=O) groups excluding carboxylic acids is 2. The number of carbonyl (C=O) groups is 2. The zero-order valence-corrected chi connectivity index (χ0v) is 16.0. The predicted molar refractivity (Wildman–Crippen MR) is 101 cm³/mol. The van der Waals surface area contributed by atoms with Crippen LogP contribution >= 0.6 is 27.7 Å². The van der Waals surface area contributed by atoms with E-state index in [4.69, 9.17) is 15.9 Å². The number of nitrogens with one attached hydrogen (secondary N) is 1. The van der Waals surface area contributed by atoms with Crippen molar-refractivity contribution < 1.29 is 19.1 Å². The zero-order chi connectivity index (χ0) is 18.4. The highest BCUT2D eigenvalue weighted by Gasteiger charge is 2.23. The van der Waals surface area contributed by atoms with Crippen molar-refractivity contribution in [1.29, 1.82) is 0 Å². The van der Waals surface area contributed by atoms with Gasteiger partial charge in [-0.15, -0.1) is 6.42 Å². The fourth-order valence-electron chi connectivity index (χ4n) is 1.95. The van der Waals surface area contributed by atoms with Gasteiger partial charge in [-0.2, -0.15) is 4.99 Å². The van der Waals surface area contributed by atoms with Crippen molar-refractivity contribution >= 4 is 50.7 Å². The lowest BCUT2D eigenvalue weighted by Crippen LogP contribution is -2.23. The molecule has 0 bridgehead atoms. The lowest BCUT2D eigenvalue weighted by molar-refractivity contribution is -0.117. The number of aliphatic imine (C=N–C) groups is 1. The molecule has 0 saturated heterocycles. The summed E-state index contributed by atoms with van der Waals surface area (Å²) in [7, 11) is 0. The van der Waals surface area contributed by atoms with E-state index >= 15 is 0 Å². The molecule has 1 N–H and O–H groups in total. The SMILES string of the molecule is C#CCOc1c(Br)cc(/C=C2\SC(NC(C)=O)=NC2=O)cc1OCC. The molecular formula is C17H15BrN2O4S. The normalized spacial score (nSPS) is 14.9. The molecule has 1 aliphatic heterocycles. The molecular weight excluding hydrogens is 408 g/mol. The van der Waals surface area contributed by atoms with Gasteiger partial charge in [0.15, 0.2) is 16.7 Å². The lowest BCUT2D eigenvalue weighted by Gasteiger charge is -2.13. The number of amides is 2. The summed E-state index contributed by atoms with van der Waals surface area (Å²) >= 11 is 4.53. The fraction of sp³-hybridized carbons (Fsp3) is 0.235. The summed E-state index contributed by atoms with van der Waals surface area (Å²) in [5.41, 5.74) is 0.721. The minimum Gasteiger partial charge on any atom is -0.490 e. The van der Waals surface area contributed by atoms with Crippen molar-refractivity contribution in [2.24, 2.45) is 4.99 Å². The first-order chi connectivity index (χ1) is 11.9. The maximum absolute atomic E-state index is 12.0. The third-order valence-electron chi connectivity index (χ3n) is 2.83. The quantitative estimate of drug-likeness (QED) is 0.582. The average Bonchev–Trinajstić information content (AvgIpc) is 2.85. The summed E-state index contributed by atoms with van der Waals surface area (Å²) in [5, 5.41) is 2.77. The first-order valence-electron chi connectivity index (χ1n) is 7.27. The van der Waals surface area contributed by atoms with Crippen molar-refractivity contribution in [3.8, 4) is 23.8 Å². The highest BCUT2D eigenvalue weighted by Crippen LogP contribution is 2.38. The number of rotatable bonds is 5. The molecule has 2 rings (SSSR count). The van der Waals surface area contributed by atoms with Crippen LogP contribution in [0.5, 0.6) is 11.5 Å². The maximum Gasteiger partial charge on any atom is 0.286 e. The average molecular weight is 423 g/mol. The molecule has 1 aliphatic rings.